The lowest BCUT2D eigenvalue weighted by Crippen LogP contribution is -2.02. The SMILES string of the molecule is CNc1cncc(Nc2c(F)cc(Br)cc2F)n1. The normalized spacial score (nSPS) is 10.2. The summed E-state index contributed by atoms with van der Waals surface area (Å²) in [5.74, 6) is -0.669. The molecule has 1 aromatic heterocycles. The Kier molecular flexibility index (Phi) is 3.71. The van der Waals surface area contributed by atoms with Gasteiger partial charge in [-0.15, -0.1) is 0 Å². The van der Waals surface area contributed by atoms with E-state index in [1.165, 1.54) is 24.5 Å². The number of aromatic nitrogens is 2. The van der Waals surface area contributed by atoms with E-state index in [4.69, 9.17) is 0 Å². The van der Waals surface area contributed by atoms with Crippen molar-refractivity contribution in [1.82, 2.24) is 9.97 Å². The van der Waals surface area contributed by atoms with Gasteiger partial charge in [0.1, 0.15) is 11.5 Å². The summed E-state index contributed by atoms with van der Waals surface area (Å²) < 4.78 is 27.5. The van der Waals surface area contributed by atoms with E-state index in [-0.39, 0.29) is 11.5 Å². The molecule has 0 saturated carbocycles. The second kappa shape index (κ2) is 5.26. The standard InChI is InChI=1S/C11H9BrF2N4/c1-15-9-4-16-5-10(17-9)18-11-7(13)2-6(12)3-8(11)14/h2-5H,1H3,(H2,15,17,18). The molecular weight excluding hydrogens is 306 g/mol. The lowest BCUT2D eigenvalue weighted by Gasteiger charge is -2.09. The molecule has 0 aliphatic carbocycles. The molecule has 2 rings (SSSR count). The zero-order valence-electron chi connectivity index (χ0n) is 9.34. The fraction of sp³-hybridized carbons (Fsp3) is 0.0909. The largest absolute Gasteiger partial charge is 0.372 e. The van der Waals surface area contributed by atoms with Gasteiger partial charge >= 0.3 is 0 Å². The Bertz CT molecular complexity index is 554. The Hall–Kier alpha value is -1.76. The summed E-state index contributed by atoms with van der Waals surface area (Å²) in [4.78, 5) is 7.95. The molecule has 0 amide bonds. The van der Waals surface area contributed by atoms with E-state index in [1.54, 1.807) is 7.05 Å². The maximum absolute atomic E-state index is 13.6. The molecule has 18 heavy (non-hydrogen) atoms. The maximum Gasteiger partial charge on any atom is 0.151 e. The first kappa shape index (κ1) is 12.7. The van der Waals surface area contributed by atoms with Crippen LogP contribution in [0.4, 0.5) is 26.1 Å². The second-order valence-electron chi connectivity index (χ2n) is 3.41. The fourth-order valence-electron chi connectivity index (χ4n) is 1.34. The first-order valence-electron chi connectivity index (χ1n) is 5.01. The molecular formula is C11H9BrF2N4. The summed E-state index contributed by atoms with van der Waals surface area (Å²) in [6, 6.07) is 2.33. The average Bonchev–Trinajstić information content (AvgIpc) is 2.34. The summed E-state index contributed by atoms with van der Waals surface area (Å²) >= 11 is 3.01. The van der Waals surface area contributed by atoms with Crippen LogP contribution in [0.15, 0.2) is 29.0 Å². The molecule has 1 heterocycles. The van der Waals surface area contributed by atoms with Crippen molar-refractivity contribution in [3.05, 3.63) is 40.6 Å². The third-order valence-corrected chi connectivity index (χ3v) is 2.61. The van der Waals surface area contributed by atoms with Gasteiger partial charge in [0.25, 0.3) is 0 Å². The van der Waals surface area contributed by atoms with Crippen LogP contribution in [0.1, 0.15) is 0 Å². The van der Waals surface area contributed by atoms with Gasteiger partial charge in [0.15, 0.2) is 17.5 Å². The topological polar surface area (TPSA) is 49.8 Å². The molecule has 2 N–H and O–H groups in total. The molecule has 0 radical (unpaired) electrons. The van der Waals surface area contributed by atoms with Crippen LogP contribution in [0.2, 0.25) is 0 Å². The number of rotatable bonds is 3. The smallest absolute Gasteiger partial charge is 0.151 e. The van der Waals surface area contributed by atoms with E-state index in [0.717, 1.165) is 0 Å². The molecule has 0 fully saturated rings. The van der Waals surface area contributed by atoms with Gasteiger partial charge in [0.05, 0.1) is 12.4 Å². The predicted molar refractivity (Wildman–Crippen MR) is 68.9 cm³/mol. The van der Waals surface area contributed by atoms with E-state index in [2.05, 4.69) is 36.5 Å². The second-order valence-corrected chi connectivity index (χ2v) is 4.32. The van der Waals surface area contributed by atoms with Gasteiger partial charge in [-0.1, -0.05) is 15.9 Å². The molecule has 94 valence electrons. The van der Waals surface area contributed by atoms with Crippen molar-refractivity contribution in [2.24, 2.45) is 0 Å². The Balaban J connectivity index is 2.33. The number of halogens is 3. The summed E-state index contributed by atoms with van der Waals surface area (Å²) in [6.45, 7) is 0. The summed E-state index contributed by atoms with van der Waals surface area (Å²) in [6.07, 6.45) is 2.88. The van der Waals surface area contributed by atoms with Crippen LogP contribution in [0.25, 0.3) is 0 Å². The van der Waals surface area contributed by atoms with Crippen molar-refractivity contribution in [1.29, 1.82) is 0 Å². The Labute approximate surface area is 111 Å². The van der Waals surface area contributed by atoms with E-state index >= 15 is 0 Å². The third kappa shape index (κ3) is 2.73. The molecule has 0 aliphatic rings. The van der Waals surface area contributed by atoms with Gasteiger partial charge in [-0.2, -0.15) is 0 Å². The molecule has 0 spiro atoms. The van der Waals surface area contributed by atoms with E-state index in [9.17, 15) is 8.78 Å². The molecule has 7 heteroatoms. The lowest BCUT2D eigenvalue weighted by molar-refractivity contribution is 0.589. The predicted octanol–water partition coefficient (Wildman–Crippen LogP) is 3.30. The van der Waals surface area contributed by atoms with Crippen molar-refractivity contribution < 1.29 is 8.78 Å². The summed E-state index contributed by atoms with van der Waals surface area (Å²) in [5.41, 5.74) is -0.263. The maximum atomic E-state index is 13.6. The lowest BCUT2D eigenvalue weighted by atomic mass is 10.3. The van der Waals surface area contributed by atoms with E-state index < -0.39 is 11.6 Å². The van der Waals surface area contributed by atoms with Gasteiger partial charge in [-0.05, 0) is 12.1 Å². The van der Waals surface area contributed by atoms with Gasteiger partial charge in [0.2, 0.25) is 0 Å². The Morgan fingerprint density at radius 2 is 1.72 bits per heavy atom. The van der Waals surface area contributed by atoms with Crippen molar-refractivity contribution >= 4 is 33.3 Å². The zero-order chi connectivity index (χ0) is 13.1. The van der Waals surface area contributed by atoms with Crippen molar-refractivity contribution in [3.8, 4) is 0 Å². The van der Waals surface area contributed by atoms with Crippen molar-refractivity contribution in [2.75, 3.05) is 17.7 Å². The van der Waals surface area contributed by atoms with Gasteiger partial charge in [0, 0.05) is 11.5 Å². The van der Waals surface area contributed by atoms with Crippen LogP contribution in [0.5, 0.6) is 0 Å². The van der Waals surface area contributed by atoms with Crippen LogP contribution in [-0.4, -0.2) is 17.0 Å². The minimum absolute atomic E-state index is 0.252. The minimum atomic E-state index is -0.710. The number of hydrogen-bond acceptors (Lipinski definition) is 4. The average molecular weight is 315 g/mol. The molecule has 0 bridgehead atoms. The van der Waals surface area contributed by atoms with Gasteiger partial charge in [-0.3, -0.25) is 4.98 Å². The van der Waals surface area contributed by atoms with E-state index in [0.29, 0.717) is 10.3 Å². The molecule has 0 atom stereocenters. The van der Waals surface area contributed by atoms with E-state index in [1.807, 2.05) is 0 Å². The minimum Gasteiger partial charge on any atom is -0.372 e. The highest BCUT2D eigenvalue weighted by atomic mass is 79.9. The van der Waals surface area contributed by atoms with Crippen LogP contribution in [0, 0.1) is 11.6 Å². The van der Waals surface area contributed by atoms with Crippen LogP contribution in [0.3, 0.4) is 0 Å². The Morgan fingerprint density at radius 3 is 2.33 bits per heavy atom. The van der Waals surface area contributed by atoms with Crippen LogP contribution >= 0.6 is 15.9 Å². The zero-order valence-corrected chi connectivity index (χ0v) is 10.9. The number of nitrogens with one attached hydrogen (secondary N) is 2. The summed E-state index contributed by atoms with van der Waals surface area (Å²) in [5, 5.41) is 5.34. The highest BCUT2D eigenvalue weighted by molar-refractivity contribution is 9.10. The molecule has 4 nitrogen and oxygen atoms in total. The van der Waals surface area contributed by atoms with Crippen LogP contribution in [-0.2, 0) is 0 Å². The number of anilines is 3. The first-order valence-corrected chi connectivity index (χ1v) is 5.81. The third-order valence-electron chi connectivity index (χ3n) is 2.15. The fourth-order valence-corrected chi connectivity index (χ4v) is 1.74. The molecule has 1 aromatic carbocycles. The van der Waals surface area contributed by atoms with Crippen molar-refractivity contribution in [3.63, 3.8) is 0 Å². The number of nitrogens with zero attached hydrogens (tertiary/aromatic N) is 2. The van der Waals surface area contributed by atoms with Crippen molar-refractivity contribution in [2.45, 2.75) is 0 Å². The molecule has 0 saturated heterocycles. The molecule has 2 aromatic rings. The summed E-state index contributed by atoms with van der Waals surface area (Å²) in [7, 11) is 1.68. The highest BCUT2D eigenvalue weighted by Gasteiger charge is 2.11. The van der Waals surface area contributed by atoms with Gasteiger partial charge in [-0.25, -0.2) is 13.8 Å². The molecule has 0 unspecified atom stereocenters. The Morgan fingerprint density at radius 1 is 1.11 bits per heavy atom. The number of hydrogen-bond donors (Lipinski definition) is 2. The first-order chi connectivity index (χ1) is 8.60. The van der Waals surface area contributed by atoms with Gasteiger partial charge < -0.3 is 10.6 Å². The van der Waals surface area contributed by atoms with Crippen LogP contribution < -0.4 is 10.6 Å². The highest BCUT2D eigenvalue weighted by Crippen LogP contribution is 2.26. The quantitative estimate of drug-likeness (QED) is 0.912. The molecule has 0 aliphatic heterocycles. The monoisotopic (exact) mass is 314 g/mol. The number of benzene rings is 1.